The maximum Gasteiger partial charge on any atom is 0.413 e. The molecule has 4 rings (SSSR count). The minimum atomic E-state index is -0.812. The zero-order chi connectivity index (χ0) is 21.0. The van der Waals surface area contributed by atoms with Gasteiger partial charge in [-0.3, -0.25) is 25.1 Å². The van der Waals surface area contributed by atoms with Crippen LogP contribution < -0.4 is 16.0 Å². The van der Waals surface area contributed by atoms with E-state index < -0.39 is 23.9 Å². The first-order chi connectivity index (χ1) is 13.8. The molecule has 4 bridgehead atoms. The zero-order valence-corrected chi connectivity index (χ0v) is 17.3. The highest BCUT2D eigenvalue weighted by atomic mass is 16.5. The second-order valence-corrected chi connectivity index (χ2v) is 8.77. The first-order valence-corrected chi connectivity index (χ1v) is 10.6. The average Bonchev–Trinajstić information content (AvgIpc) is 2.59. The third-order valence-electron chi connectivity index (χ3n) is 6.37. The summed E-state index contributed by atoms with van der Waals surface area (Å²) in [4.78, 5) is 49.4. The number of carbonyl (C=O) groups excluding carboxylic acids is 4. The molecule has 29 heavy (non-hydrogen) atoms. The van der Waals surface area contributed by atoms with Crippen molar-refractivity contribution in [3.05, 3.63) is 0 Å². The van der Waals surface area contributed by atoms with Crippen LogP contribution in [0.5, 0.6) is 0 Å². The van der Waals surface area contributed by atoms with Gasteiger partial charge in [-0.15, -0.1) is 0 Å². The van der Waals surface area contributed by atoms with E-state index in [2.05, 4.69) is 20.7 Å². The quantitative estimate of drug-likeness (QED) is 0.586. The molecule has 9 heteroatoms. The second kappa shape index (κ2) is 9.11. The van der Waals surface area contributed by atoms with Crippen molar-refractivity contribution < 1.29 is 23.9 Å². The number of nitrogens with one attached hydrogen (secondary N) is 3. The van der Waals surface area contributed by atoms with Crippen LogP contribution in [0.25, 0.3) is 0 Å². The van der Waals surface area contributed by atoms with Crippen LogP contribution in [0.4, 0.5) is 9.59 Å². The van der Waals surface area contributed by atoms with Crippen molar-refractivity contribution in [2.45, 2.75) is 57.9 Å². The molecule has 162 valence electrons. The van der Waals surface area contributed by atoms with Crippen molar-refractivity contribution >= 4 is 23.9 Å². The molecule has 4 aliphatic rings. The van der Waals surface area contributed by atoms with E-state index in [1.54, 1.807) is 18.7 Å². The van der Waals surface area contributed by atoms with Gasteiger partial charge in [-0.1, -0.05) is 6.92 Å². The molecule has 0 aromatic carbocycles. The Morgan fingerprint density at radius 3 is 1.90 bits per heavy atom. The summed E-state index contributed by atoms with van der Waals surface area (Å²) in [5.41, 5.74) is -0.164. The van der Waals surface area contributed by atoms with Gasteiger partial charge >= 0.3 is 12.1 Å². The lowest BCUT2D eigenvalue weighted by Crippen LogP contribution is -2.62. The number of hydrogen-bond acceptors (Lipinski definition) is 6. The lowest BCUT2D eigenvalue weighted by atomic mass is 9.53. The summed E-state index contributed by atoms with van der Waals surface area (Å²) in [5, 5.41) is 7.59. The zero-order valence-electron chi connectivity index (χ0n) is 17.3. The van der Waals surface area contributed by atoms with Crippen molar-refractivity contribution in [2.24, 2.45) is 17.8 Å². The maximum absolute atomic E-state index is 12.4. The third-order valence-corrected chi connectivity index (χ3v) is 6.37. The molecular weight excluding hydrogens is 376 g/mol. The first-order valence-electron chi connectivity index (χ1n) is 10.6. The molecule has 0 aromatic rings. The number of carbonyl (C=O) groups is 4. The average molecular weight is 408 g/mol. The van der Waals surface area contributed by atoms with E-state index in [0.29, 0.717) is 24.3 Å². The van der Waals surface area contributed by atoms with E-state index in [1.165, 1.54) is 19.3 Å². The van der Waals surface area contributed by atoms with Gasteiger partial charge in [0.1, 0.15) is 0 Å². The molecule has 3 N–H and O–H groups in total. The van der Waals surface area contributed by atoms with Gasteiger partial charge in [0, 0.05) is 5.54 Å². The number of ether oxygens (including phenoxy) is 1. The summed E-state index contributed by atoms with van der Waals surface area (Å²) in [6, 6.07) is -0.455. The molecule has 4 aliphatic carbocycles. The number of amides is 5. The standard InChI is InChI=1S/C20H32N4O5/c1-3-24(12-17(26)22-19(28)29-4-2)11-16(25)21-18(27)23-20-8-13-5-14(9-20)7-15(6-13)10-20/h13-15H,3-12H2,1-2H3,(H,22,26,28)(H2,21,23,25,27). The summed E-state index contributed by atoms with van der Waals surface area (Å²) >= 11 is 0. The molecule has 0 aliphatic heterocycles. The van der Waals surface area contributed by atoms with Crippen LogP contribution in [0.15, 0.2) is 0 Å². The predicted molar refractivity (Wildman–Crippen MR) is 105 cm³/mol. The number of hydrogen-bond donors (Lipinski definition) is 3. The summed E-state index contributed by atoms with van der Waals surface area (Å²) in [5.74, 6) is 1.07. The van der Waals surface area contributed by atoms with Gasteiger partial charge in [-0.2, -0.15) is 0 Å². The normalized spacial score (nSPS) is 29.4. The molecular formula is C20H32N4O5. The summed E-state index contributed by atoms with van der Waals surface area (Å²) in [6.07, 6.45) is 6.05. The van der Waals surface area contributed by atoms with Crippen molar-refractivity contribution in [3.8, 4) is 0 Å². The van der Waals surface area contributed by atoms with Crippen LogP contribution in [0.1, 0.15) is 52.4 Å². The van der Waals surface area contributed by atoms with Gasteiger partial charge in [-0.25, -0.2) is 9.59 Å². The van der Waals surface area contributed by atoms with Crippen LogP contribution in [-0.4, -0.2) is 60.6 Å². The van der Waals surface area contributed by atoms with Crippen LogP contribution in [0, 0.1) is 17.8 Å². The number of rotatable bonds is 7. The van der Waals surface area contributed by atoms with Gasteiger partial charge in [0.05, 0.1) is 19.7 Å². The summed E-state index contributed by atoms with van der Waals surface area (Å²) < 4.78 is 4.65. The Kier molecular flexibility index (Phi) is 6.77. The second-order valence-electron chi connectivity index (χ2n) is 8.77. The largest absolute Gasteiger partial charge is 0.450 e. The van der Waals surface area contributed by atoms with E-state index in [9.17, 15) is 19.2 Å². The molecule has 0 heterocycles. The molecule has 4 fully saturated rings. The van der Waals surface area contributed by atoms with Gasteiger partial charge in [0.2, 0.25) is 11.8 Å². The van der Waals surface area contributed by atoms with Crippen molar-refractivity contribution in [2.75, 3.05) is 26.2 Å². The van der Waals surface area contributed by atoms with E-state index in [-0.39, 0.29) is 25.2 Å². The molecule has 0 atom stereocenters. The fourth-order valence-corrected chi connectivity index (χ4v) is 5.71. The highest BCUT2D eigenvalue weighted by molar-refractivity contribution is 5.96. The van der Waals surface area contributed by atoms with Crippen LogP contribution in [0.3, 0.4) is 0 Å². The van der Waals surface area contributed by atoms with Gasteiger partial charge < -0.3 is 10.1 Å². The van der Waals surface area contributed by atoms with E-state index >= 15 is 0 Å². The summed E-state index contributed by atoms with van der Waals surface area (Å²) in [7, 11) is 0. The molecule has 4 saturated carbocycles. The maximum atomic E-state index is 12.4. The topological polar surface area (TPSA) is 117 Å². The Balaban J connectivity index is 1.44. The highest BCUT2D eigenvalue weighted by Crippen LogP contribution is 2.55. The fourth-order valence-electron chi connectivity index (χ4n) is 5.71. The minimum Gasteiger partial charge on any atom is -0.450 e. The first kappa shape index (κ1) is 21.5. The number of alkyl carbamates (subject to hydrolysis) is 1. The van der Waals surface area contributed by atoms with Crippen LogP contribution in [-0.2, 0) is 14.3 Å². The molecule has 9 nitrogen and oxygen atoms in total. The Labute approximate surface area is 171 Å². The van der Waals surface area contributed by atoms with E-state index in [4.69, 9.17) is 0 Å². The molecule has 5 amide bonds. The summed E-state index contributed by atoms with van der Waals surface area (Å²) in [6.45, 7) is 3.76. The number of nitrogens with zero attached hydrogens (tertiary/aromatic N) is 1. The Hall–Kier alpha value is -2.16. The predicted octanol–water partition coefficient (Wildman–Crippen LogP) is 1.38. The molecule has 0 spiro atoms. The number of imide groups is 2. The highest BCUT2D eigenvalue weighted by Gasteiger charge is 2.51. The number of likely N-dealkylation sites (N-methyl/N-ethyl adjacent to an activating group) is 1. The molecule has 0 aromatic heterocycles. The SMILES string of the molecule is CCOC(=O)NC(=O)CN(CC)CC(=O)NC(=O)NC12CC3CC(CC(C3)C1)C2. The molecule has 0 unspecified atom stereocenters. The van der Waals surface area contributed by atoms with E-state index in [0.717, 1.165) is 19.3 Å². The molecule has 0 saturated heterocycles. The third kappa shape index (κ3) is 5.68. The van der Waals surface area contributed by atoms with E-state index in [1.807, 2.05) is 0 Å². The van der Waals surface area contributed by atoms with Gasteiger partial charge in [-0.05, 0) is 69.7 Å². The lowest BCUT2D eigenvalue weighted by Gasteiger charge is -2.56. The fraction of sp³-hybridized carbons (Fsp3) is 0.800. The van der Waals surface area contributed by atoms with Crippen molar-refractivity contribution in [1.82, 2.24) is 20.9 Å². The van der Waals surface area contributed by atoms with Crippen molar-refractivity contribution in [1.29, 1.82) is 0 Å². The van der Waals surface area contributed by atoms with Crippen LogP contribution >= 0.6 is 0 Å². The van der Waals surface area contributed by atoms with Gasteiger partial charge in [0.15, 0.2) is 0 Å². The smallest absolute Gasteiger partial charge is 0.413 e. The Morgan fingerprint density at radius 2 is 1.41 bits per heavy atom. The Bertz CT molecular complexity index is 630. The Morgan fingerprint density at radius 1 is 0.897 bits per heavy atom. The monoisotopic (exact) mass is 408 g/mol. The van der Waals surface area contributed by atoms with Gasteiger partial charge in [0.25, 0.3) is 0 Å². The number of urea groups is 1. The minimum absolute atomic E-state index is 0.110. The molecule has 0 radical (unpaired) electrons. The lowest BCUT2D eigenvalue weighted by molar-refractivity contribution is -0.124. The van der Waals surface area contributed by atoms with Crippen LogP contribution in [0.2, 0.25) is 0 Å². The van der Waals surface area contributed by atoms with Crippen molar-refractivity contribution in [3.63, 3.8) is 0 Å².